The molecule has 0 radical (unpaired) electrons. The van der Waals surface area contributed by atoms with Crippen LogP contribution in [0.2, 0.25) is 0 Å². The first-order valence-corrected chi connectivity index (χ1v) is 26.4. The Bertz CT molecular complexity index is 3350. The van der Waals surface area contributed by atoms with Crippen LogP contribution in [0, 0.1) is 17.8 Å². The van der Waals surface area contributed by atoms with E-state index in [0.29, 0.717) is 11.3 Å². The van der Waals surface area contributed by atoms with Gasteiger partial charge in [0, 0.05) is 38.9 Å². The van der Waals surface area contributed by atoms with Gasteiger partial charge < -0.3 is 9.47 Å². The van der Waals surface area contributed by atoms with Gasteiger partial charge in [0.1, 0.15) is 0 Å². The normalized spacial score (nSPS) is 22.3. The molecule has 2 nitrogen and oxygen atoms in total. The summed E-state index contributed by atoms with van der Waals surface area (Å²) in [6, 6.07) is 69.9. The van der Waals surface area contributed by atoms with E-state index >= 15 is 0 Å². The van der Waals surface area contributed by atoms with Crippen LogP contribution in [0.25, 0.3) is 60.9 Å². The zero-order valence-electron chi connectivity index (χ0n) is 40.3. The average molecular weight is 895 g/mol. The minimum atomic E-state index is -0.328. The Morgan fingerprint density at radius 3 is 1.75 bits per heavy atom. The van der Waals surface area contributed by atoms with E-state index in [9.17, 15) is 0 Å². The van der Waals surface area contributed by atoms with Crippen molar-refractivity contribution in [1.29, 1.82) is 0 Å². The van der Waals surface area contributed by atoms with Gasteiger partial charge in [0.15, 0.2) is 0 Å². The summed E-state index contributed by atoms with van der Waals surface area (Å²) < 4.78 is 2.56. The summed E-state index contributed by atoms with van der Waals surface area (Å²) in [6.45, 7) is 4.98. The Morgan fingerprint density at radius 2 is 1.10 bits per heavy atom. The predicted octanol–water partition coefficient (Wildman–Crippen LogP) is 18.4. The number of aromatic nitrogens is 1. The second-order valence-corrected chi connectivity index (χ2v) is 22.6. The van der Waals surface area contributed by atoms with Gasteiger partial charge in [-0.2, -0.15) is 0 Å². The number of rotatable bonds is 8. The molecular formula is C67H62N2. The molecule has 6 aliphatic carbocycles. The van der Waals surface area contributed by atoms with Gasteiger partial charge in [-0.05, 0) is 197 Å². The fraction of sp³-hybridized carbons (Fsp3) is 0.284. The molecule has 6 aliphatic rings. The van der Waals surface area contributed by atoms with E-state index in [1.807, 2.05) is 0 Å². The van der Waals surface area contributed by atoms with E-state index in [4.69, 9.17) is 0 Å². The van der Waals surface area contributed by atoms with Crippen LogP contribution in [0.15, 0.2) is 182 Å². The van der Waals surface area contributed by atoms with Gasteiger partial charge in [0.2, 0.25) is 0 Å². The standard InChI is InChI=1S/C67H62N2/c1-66(2)61-40-56(68(54-28-23-49(24-29-54)47-15-7-3-8-16-47)55-30-26-52(27-31-55)67-41-44-35-45(42-67)37-46(36-44)43-67)39-59(50-19-11-5-12-20-50)63(61)58-33-32-57-60-38-51(48-17-9-4-10-18-48)25-34-62(60)69(65(57)64(58)66)53-21-13-6-14-22-53/h4-6,9-14,17-34,38-40,44-47H,3,7-8,15-16,35-37,41-43H2,1-2H3. The first-order valence-electron chi connectivity index (χ1n) is 26.4. The molecule has 1 aromatic heterocycles. The summed E-state index contributed by atoms with van der Waals surface area (Å²) in [7, 11) is 0. The molecule has 0 unspecified atom stereocenters. The fourth-order valence-electron chi connectivity index (χ4n) is 15.3. The van der Waals surface area contributed by atoms with Crippen LogP contribution in [0.1, 0.15) is 113 Å². The molecule has 340 valence electrons. The minimum Gasteiger partial charge on any atom is -0.310 e. The van der Waals surface area contributed by atoms with Crippen molar-refractivity contribution in [3.63, 3.8) is 0 Å². The number of nitrogens with zero attached hydrogens (tertiary/aromatic N) is 2. The van der Waals surface area contributed by atoms with Gasteiger partial charge in [-0.1, -0.05) is 154 Å². The smallest absolute Gasteiger partial charge is 0.0588 e. The number of anilines is 3. The van der Waals surface area contributed by atoms with Gasteiger partial charge >= 0.3 is 0 Å². The Morgan fingerprint density at radius 1 is 0.493 bits per heavy atom. The fourth-order valence-corrected chi connectivity index (χ4v) is 15.3. The molecule has 2 heteroatoms. The summed E-state index contributed by atoms with van der Waals surface area (Å²) >= 11 is 0. The van der Waals surface area contributed by atoms with E-state index in [1.165, 1.54) is 165 Å². The molecule has 5 saturated carbocycles. The quantitative estimate of drug-likeness (QED) is 0.148. The minimum absolute atomic E-state index is 0.328. The van der Waals surface area contributed by atoms with E-state index in [2.05, 4.69) is 205 Å². The van der Waals surface area contributed by atoms with Gasteiger partial charge in [0.25, 0.3) is 0 Å². The zero-order valence-corrected chi connectivity index (χ0v) is 40.3. The second-order valence-electron chi connectivity index (χ2n) is 22.6. The largest absolute Gasteiger partial charge is 0.310 e. The molecule has 0 aliphatic heterocycles. The Balaban J connectivity index is 0.971. The van der Waals surface area contributed by atoms with Crippen molar-refractivity contribution in [1.82, 2.24) is 4.57 Å². The third-order valence-electron chi connectivity index (χ3n) is 18.1. The lowest BCUT2D eigenvalue weighted by Gasteiger charge is -2.57. The number of fused-ring (bicyclic) bond motifs is 7. The van der Waals surface area contributed by atoms with Crippen LogP contribution in [0.3, 0.4) is 0 Å². The highest BCUT2D eigenvalue weighted by molar-refractivity contribution is 6.15. The third kappa shape index (κ3) is 6.65. The van der Waals surface area contributed by atoms with E-state index in [-0.39, 0.29) is 5.41 Å². The first kappa shape index (κ1) is 41.3. The molecule has 15 rings (SSSR count). The zero-order chi connectivity index (χ0) is 45.8. The summed E-state index contributed by atoms with van der Waals surface area (Å²) in [5.74, 6) is 3.44. The maximum atomic E-state index is 2.58. The van der Waals surface area contributed by atoms with Crippen LogP contribution in [0.5, 0.6) is 0 Å². The van der Waals surface area contributed by atoms with E-state index < -0.39 is 0 Å². The molecule has 0 N–H and O–H groups in total. The summed E-state index contributed by atoms with van der Waals surface area (Å²) in [5, 5.41) is 2.58. The van der Waals surface area contributed by atoms with Gasteiger partial charge in [0.05, 0.1) is 11.0 Å². The number of hydrogen-bond donors (Lipinski definition) is 0. The van der Waals surface area contributed by atoms with Crippen molar-refractivity contribution in [2.45, 2.75) is 101 Å². The van der Waals surface area contributed by atoms with Gasteiger partial charge in [-0.25, -0.2) is 0 Å². The Labute approximate surface area is 408 Å². The van der Waals surface area contributed by atoms with Crippen LogP contribution in [-0.4, -0.2) is 4.57 Å². The van der Waals surface area contributed by atoms with E-state index in [0.717, 1.165) is 17.8 Å². The molecule has 1 heterocycles. The van der Waals surface area contributed by atoms with Gasteiger partial charge in [-0.15, -0.1) is 0 Å². The molecular weight excluding hydrogens is 833 g/mol. The van der Waals surface area contributed by atoms with Crippen molar-refractivity contribution in [3.8, 4) is 39.1 Å². The lowest BCUT2D eigenvalue weighted by atomic mass is 9.48. The maximum Gasteiger partial charge on any atom is 0.0588 e. The van der Waals surface area contributed by atoms with Crippen LogP contribution < -0.4 is 4.90 Å². The lowest BCUT2D eigenvalue weighted by Crippen LogP contribution is -2.48. The van der Waals surface area contributed by atoms with Gasteiger partial charge in [-0.3, -0.25) is 0 Å². The molecule has 8 aromatic carbocycles. The predicted molar refractivity (Wildman–Crippen MR) is 290 cm³/mol. The Hall–Kier alpha value is -6.64. The van der Waals surface area contributed by atoms with Crippen LogP contribution >= 0.6 is 0 Å². The molecule has 5 fully saturated rings. The average Bonchev–Trinajstić information content (AvgIpc) is 3.84. The number of benzene rings is 8. The van der Waals surface area contributed by atoms with Crippen molar-refractivity contribution in [2.24, 2.45) is 17.8 Å². The molecule has 4 bridgehead atoms. The second kappa shape index (κ2) is 16.0. The highest BCUT2D eigenvalue weighted by Crippen LogP contribution is 2.62. The van der Waals surface area contributed by atoms with E-state index in [1.54, 1.807) is 5.56 Å². The topological polar surface area (TPSA) is 8.17 Å². The Kier molecular flexibility index (Phi) is 9.56. The van der Waals surface area contributed by atoms with Crippen molar-refractivity contribution < 1.29 is 0 Å². The monoisotopic (exact) mass is 894 g/mol. The molecule has 69 heavy (non-hydrogen) atoms. The third-order valence-corrected chi connectivity index (χ3v) is 18.1. The molecule has 0 saturated heterocycles. The summed E-state index contributed by atoms with van der Waals surface area (Å²) in [5.41, 5.74) is 21.0. The highest BCUT2D eigenvalue weighted by Gasteiger charge is 2.51. The van der Waals surface area contributed by atoms with Crippen molar-refractivity contribution in [3.05, 3.63) is 204 Å². The van der Waals surface area contributed by atoms with Crippen molar-refractivity contribution in [2.75, 3.05) is 4.90 Å². The molecule has 0 spiro atoms. The molecule has 9 aromatic rings. The molecule has 0 atom stereocenters. The first-order chi connectivity index (χ1) is 33.9. The number of para-hydroxylation sites is 1. The SMILES string of the molecule is CC1(C)c2cc(N(c3ccc(C4CCCCC4)cc3)c3ccc(C45CC6CC(CC(C6)C4)C5)cc3)cc(-c3ccccc3)c2-c2ccc3c4cc(-c5ccccc5)ccc4n(-c4ccccc4)c3c21. The maximum absolute atomic E-state index is 2.58. The summed E-state index contributed by atoms with van der Waals surface area (Å²) in [6.07, 6.45) is 15.2. The van der Waals surface area contributed by atoms with Crippen LogP contribution in [0.4, 0.5) is 17.1 Å². The number of hydrogen-bond acceptors (Lipinski definition) is 1. The molecule has 0 amide bonds. The highest BCUT2D eigenvalue weighted by atomic mass is 15.1. The summed E-state index contributed by atoms with van der Waals surface area (Å²) in [4.78, 5) is 2.58. The van der Waals surface area contributed by atoms with Crippen LogP contribution in [-0.2, 0) is 10.8 Å². The lowest BCUT2D eigenvalue weighted by molar-refractivity contribution is -0.00518. The van der Waals surface area contributed by atoms with Crippen molar-refractivity contribution >= 4 is 38.9 Å².